The van der Waals surface area contributed by atoms with Gasteiger partial charge in [-0.25, -0.2) is 0 Å². The molecule has 0 spiro atoms. The third-order valence-electron chi connectivity index (χ3n) is 1.37. The fourth-order valence-corrected chi connectivity index (χ4v) is 1.98. The Balaban J connectivity index is 3.50. The summed E-state index contributed by atoms with van der Waals surface area (Å²) in [5.74, 6) is 0.141. The highest BCUT2D eigenvalue weighted by Crippen LogP contribution is 2.48. The molecule has 1 rings (SSSR count). The van der Waals surface area contributed by atoms with Crippen molar-refractivity contribution in [3.63, 3.8) is 0 Å². The normalized spacial score (nSPS) is 10.1. The molecule has 0 bridgehead atoms. The minimum atomic E-state index is 0.0968. The lowest BCUT2D eigenvalue weighted by Crippen LogP contribution is -1.87. The zero-order valence-corrected chi connectivity index (χ0v) is 10.4. The van der Waals surface area contributed by atoms with Crippen LogP contribution in [0, 0.1) is 0 Å². The predicted octanol–water partition coefficient (Wildman–Crippen LogP) is 5.48. The Kier molecular flexibility index (Phi) is 4.23. The standard InChI is InChI=1S/C8H3Cl5O/c1-2-14-8-6(12)4(10)3(9)5(11)7(8)13/h2H,1H2. The second kappa shape index (κ2) is 4.82. The van der Waals surface area contributed by atoms with Gasteiger partial charge < -0.3 is 4.74 Å². The maximum absolute atomic E-state index is 5.82. The van der Waals surface area contributed by atoms with Gasteiger partial charge in [-0.1, -0.05) is 64.6 Å². The molecule has 0 heterocycles. The van der Waals surface area contributed by atoms with Crippen LogP contribution in [0.4, 0.5) is 0 Å². The molecular weight excluding hydrogens is 289 g/mol. The highest BCUT2D eigenvalue weighted by Gasteiger charge is 2.19. The maximum Gasteiger partial charge on any atom is 0.166 e. The fourth-order valence-electron chi connectivity index (χ4n) is 0.772. The van der Waals surface area contributed by atoms with Crippen molar-refractivity contribution in [2.45, 2.75) is 0 Å². The minimum absolute atomic E-state index is 0.0968. The number of benzene rings is 1. The van der Waals surface area contributed by atoms with Crippen LogP contribution in [0.2, 0.25) is 25.1 Å². The van der Waals surface area contributed by atoms with Crippen LogP contribution < -0.4 is 4.74 Å². The number of hydrogen-bond acceptors (Lipinski definition) is 1. The second-order valence-corrected chi connectivity index (χ2v) is 4.07. The molecule has 0 atom stereocenters. The van der Waals surface area contributed by atoms with E-state index in [-0.39, 0.29) is 30.9 Å². The van der Waals surface area contributed by atoms with Gasteiger partial charge in [0.25, 0.3) is 0 Å². The van der Waals surface area contributed by atoms with Gasteiger partial charge in [-0.05, 0) is 0 Å². The van der Waals surface area contributed by atoms with Crippen LogP contribution in [0.25, 0.3) is 0 Å². The van der Waals surface area contributed by atoms with Gasteiger partial charge in [-0.3, -0.25) is 0 Å². The third-order valence-corrected chi connectivity index (χ3v) is 3.61. The van der Waals surface area contributed by atoms with Gasteiger partial charge in [0.2, 0.25) is 0 Å². The molecule has 0 aliphatic rings. The molecule has 76 valence electrons. The average Bonchev–Trinajstić information content (AvgIpc) is 2.19. The lowest BCUT2D eigenvalue weighted by molar-refractivity contribution is 0.484. The summed E-state index contributed by atoms with van der Waals surface area (Å²) in [5.41, 5.74) is 0. The molecule has 0 saturated heterocycles. The molecule has 0 radical (unpaired) electrons. The fraction of sp³-hybridized carbons (Fsp3) is 0. The molecule has 0 amide bonds. The number of rotatable bonds is 2. The summed E-state index contributed by atoms with van der Waals surface area (Å²) >= 11 is 28.9. The van der Waals surface area contributed by atoms with Crippen LogP contribution in [0.5, 0.6) is 5.75 Å². The van der Waals surface area contributed by atoms with Crippen molar-refractivity contribution >= 4 is 58.0 Å². The molecular formula is C8H3Cl5O. The van der Waals surface area contributed by atoms with E-state index in [1.807, 2.05) is 0 Å². The van der Waals surface area contributed by atoms with Gasteiger partial charge in [-0.2, -0.15) is 0 Å². The third kappa shape index (κ3) is 2.07. The number of halogens is 5. The quantitative estimate of drug-likeness (QED) is 0.398. The minimum Gasteiger partial charge on any atom is -0.462 e. The predicted molar refractivity (Wildman–Crippen MR) is 62.3 cm³/mol. The Morgan fingerprint density at radius 2 is 1.14 bits per heavy atom. The molecule has 0 unspecified atom stereocenters. The highest BCUT2D eigenvalue weighted by molar-refractivity contribution is 6.55. The van der Waals surface area contributed by atoms with Crippen molar-refractivity contribution in [1.82, 2.24) is 0 Å². The lowest BCUT2D eigenvalue weighted by atomic mass is 10.3. The molecule has 1 aromatic carbocycles. The van der Waals surface area contributed by atoms with E-state index in [1.165, 1.54) is 0 Å². The first-order valence-corrected chi connectivity index (χ1v) is 5.18. The van der Waals surface area contributed by atoms with E-state index in [9.17, 15) is 0 Å². The van der Waals surface area contributed by atoms with Crippen LogP contribution in [0.1, 0.15) is 0 Å². The van der Waals surface area contributed by atoms with Crippen molar-refractivity contribution in [2.24, 2.45) is 0 Å². The summed E-state index contributed by atoms with van der Waals surface area (Å²) in [6.45, 7) is 3.36. The van der Waals surface area contributed by atoms with Crippen molar-refractivity contribution in [3.05, 3.63) is 38.0 Å². The summed E-state index contributed by atoms with van der Waals surface area (Å²) in [6, 6.07) is 0. The Morgan fingerprint density at radius 3 is 1.50 bits per heavy atom. The van der Waals surface area contributed by atoms with Crippen molar-refractivity contribution in [2.75, 3.05) is 0 Å². The van der Waals surface area contributed by atoms with Crippen LogP contribution in [-0.4, -0.2) is 0 Å². The lowest BCUT2D eigenvalue weighted by Gasteiger charge is -2.10. The largest absolute Gasteiger partial charge is 0.462 e. The van der Waals surface area contributed by atoms with E-state index in [1.54, 1.807) is 0 Å². The van der Waals surface area contributed by atoms with E-state index in [4.69, 9.17) is 62.7 Å². The summed E-state index contributed by atoms with van der Waals surface area (Å²) in [5, 5.41) is 0.496. The van der Waals surface area contributed by atoms with E-state index < -0.39 is 0 Å². The molecule has 1 aromatic rings. The highest BCUT2D eigenvalue weighted by atomic mass is 35.5. The summed E-state index contributed by atoms with van der Waals surface area (Å²) in [7, 11) is 0. The van der Waals surface area contributed by atoms with E-state index in [2.05, 4.69) is 6.58 Å². The summed E-state index contributed by atoms with van der Waals surface area (Å²) in [6.07, 6.45) is 1.16. The molecule has 6 heteroatoms. The topological polar surface area (TPSA) is 9.23 Å². The molecule has 1 nitrogen and oxygen atoms in total. The first-order valence-electron chi connectivity index (χ1n) is 3.29. The molecule has 0 N–H and O–H groups in total. The molecule has 0 aliphatic carbocycles. The summed E-state index contributed by atoms with van der Waals surface area (Å²) < 4.78 is 4.96. The van der Waals surface area contributed by atoms with E-state index in [0.29, 0.717) is 0 Å². The van der Waals surface area contributed by atoms with Gasteiger partial charge in [0, 0.05) is 0 Å². The zero-order valence-electron chi connectivity index (χ0n) is 6.58. The van der Waals surface area contributed by atoms with Gasteiger partial charge in [0.1, 0.15) is 10.0 Å². The SMILES string of the molecule is C=COc1c(Cl)c(Cl)c(Cl)c(Cl)c1Cl. The molecule has 14 heavy (non-hydrogen) atoms. The molecule has 0 fully saturated rings. The second-order valence-electron chi connectivity index (χ2n) is 2.18. The Bertz CT molecular complexity index is 359. The molecule has 0 aromatic heterocycles. The first kappa shape index (κ1) is 12.3. The van der Waals surface area contributed by atoms with Crippen molar-refractivity contribution in [1.29, 1.82) is 0 Å². The Hall–Kier alpha value is 0.210. The first-order chi connectivity index (χ1) is 6.50. The van der Waals surface area contributed by atoms with Gasteiger partial charge in [-0.15, -0.1) is 0 Å². The average molecular weight is 292 g/mol. The van der Waals surface area contributed by atoms with Crippen molar-refractivity contribution in [3.8, 4) is 5.75 Å². The number of hydrogen-bond donors (Lipinski definition) is 0. The van der Waals surface area contributed by atoms with E-state index >= 15 is 0 Å². The van der Waals surface area contributed by atoms with Crippen LogP contribution in [0.3, 0.4) is 0 Å². The molecule has 0 saturated carbocycles. The van der Waals surface area contributed by atoms with Crippen LogP contribution >= 0.6 is 58.0 Å². The van der Waals surface area contributed by atoms with Gasteiger partial charge in [0.15, 0.2) is 5.75 Å². The maximum atomic E-state index is 5.82. The molecule has 0 aliphatic heterocycles. The van der Waals surface area contributed by atoms with Crippen molar-refractivity contribution < 1.29 is 4.74 Å². The Morgan fingerprint density at radius 1 is 0.786 bits per heavy atom. The monoisotopic (exact) mass is 290 g/mol. The zero-order chi connectivity index (χ0) is 10.9. The smallest absolute Gasteiger partial charge is 0.166 e. The Labute approximate surface area is 106 Å². The van der Waals surface area contributed by atoms with Crippen LogP contribution in [-0.2, 0) is 0 Å². The number of ether oxygens (including phenoxy) is 1. The van der Waals surface area contributed by atoms with E-state index in [0.717, 1.165) is 6.26 Å². The summed E-state index contributed by atoms with van der Waals surface area (Å²) in [4.78, 5) is 0. The van der Waals surface area contributed by atoms with Gasteiger partial charge >= 0.3 is 0 Å². The van der Waals surface area contributed by atoms with Gasteiger partial charge in [0.05, 0.1) is 21.3 Å². The van der Waals surface area contributed by atoms with Crippen LogP contribution in [0.15, 0.2) is 12.8 Å².